The Morgan fingerprint density at radius 3 is 2.89 bits per heavy atom. The molecule has 0 saturated heterocycles. The van der Waals surface area contributed by atoms with Crippen LogP contribution in [0.25, 0.3) is 0 Å². The van der Waals surface area contributed by atoms with Crippen molar-refractivity contribution in [2.75, 3.05) is 0 Å². The molecule has 1 radical (unpaired) electrons. The van der Waals surface area contributed by atoms with Crippen molar-refractivity contribution in [2.45, 2.75) is 20.0 Å². The zero-order valence-electron chi connectivity index (χ0n) is 5.33. The quantitative estimate of drug-likeness (QED) is 0.491. The van der Waals surface area contributed by atoms with Crippen molar-refractivity contribution in [1.82, 2.24) is 0 Å². The topological polar surface area (TPSA) is 35.5 Å². The van der Waals surface area contributed by atoms with Crippen molar-refractivity contribution >= 4 is 8.25 Å². The summed E-state index contributed by atoms with van der Waals surface area (Å²) < 4.78 is 20.0. The largest absolute Gasteiger partial charge is 0.429 e. The van der Waals surface area contributed by atoms with Gasteiger partial charge in [0.1, 0.15) is 5.76 Å². The van der Waals surface area contributed by atoms with Crippen molar-refractivity contribution < 1.29 is 13.6 Å². The normalized spacial score (nSPS) is 31.1. The molecule has 0 fully saturated rings. The minimum absolute atomic E-state index is 0.0811. The third-order valence-electron chi connectivity index (χ3n) is 0.940. The third-order valence-corrected chi connectivity index (χ3v) is 1.88. The van der Waals surface area contributed by atoms with Gasteiger partial charge in [0.05, 0.1) is 6.10 Å². The summed E-state index contributed by atoms with van der Waals surface area (Å²) in [5.74, 6) is 0.676. The molecule has 0 amide bonds. The van der Waals surface area contributed by atoms with Gasteiger partial charge in [-0.15, -0.1) is 0 Å². The van der Waals surface area contributed by atoms with E-state index < -0.39 is 8.25 Å². The molecule has 0 aromatic heterocycles. The molecule has 0 aliphatic carbocycles. The predicted molar refractivity (Wildman–Crippen MR) is 33.0 cm³/mol. The van der Waals surface area contributed by atoms with E-state index in [1.54, 1.807) is 13.0 Å². The molecule has 2 unspecified atom stereocenters. The van der Waals surface area contributed by atoms with Crippen LogP contribution in [0.4, 0.5) is 0 Å². The summed E-state index contributed by atoms with van der Waals surface area (Å²) in [4.78, 5) is 0. The smallest absolute Gasteiger partial charge is 0.403 e. The van der Waals surface area contributed by atoms with Crippen LogP contribution in [0.1, 0.15) is 13.8 Å². The lowest BCUT2D eigenvalue weighted by molar-refractivity contribution is 0.204. The van der Waals surface area contributed by atoms with Crippen LogP contribution in [0, 0.1) is 0 Å². The first kappa shape index (κ1) is 6.72. The highest BCUT2D eigenvalue weighted by atomic mass is 31.1. The molecule has 0 N–H and O–H groups in total. The molecular weight excluding hydrogens is 139 g/mol. The summed E-state index contributed by atoms with van der Waals surface area (Å²) in [5.41, 5.74) is 0. The van der Waals surface area contributed by atoms with Gasteiger partial charge < -0.3 is 4.52 Å². The summed E-state index contributed by atoms with van der Waals surface area (Å²) >= 11 is 0. The molecule has 1 aliphatic heterocycles. The van der Waals surface area contributed by atoms with Crippen LogP contribution in [0.2, 0.25) is 0 Å². The Bertz CT molecular complexity index is 164. The molecule has 4 heteroatoms. The molecule has 1 heterocycles. The lowest BCUT2D eigenvalue weighted by Gasteiger charge is -2.14. The zero-order chi connectivity index (χ0) is 6.85. The van der Waals surface area contributed by atoms with Crippen LogP contribution < -0.4 is 0 Å². The van der Waals surface area contributed by atoms with Gasteiger partial charge in [-0.3, -0.25) is 4.52 Å². The highest BCUT2D eigenvalue weighted by Crippen LogP contribution is 2.33. The van der Waals surface area contributed by atoms with Gasteiger partial charge in [0, 0.05) is 0 Å². The Kier molecular flexibility index (Phi) is 1.84. The molecule has 0 spiro atoms. The van der Waals surface area contributed by atoms with Crippen molar-refractivity contribution in [3.63, 3.8) is 0 Å². The molecule has 3 nitrogen and oxygen atoms in total. The fourth-order valence-electron chi connectivity index (χ4n) is 0.666. The minimum atomic E-state index is -1.89. The third kappa shape index (κ3) is 1.77. The average Bonchev–Trinajstić information content (AvgIpc) is 1.59. The van der Waals surface area contributed by atoms with Gasteiger partial charge in [-0.05, 0) is 19.9 Å². The number of hydrogen-bond acceptors (Lipinski definition) is 3. The second-order valence-corrected chi connectivity index (χ2v) is 2.74. The van der Waals surface area contributed by atoms with E-state index in [9.17, 15) is 4.57 Å². The summed E-state index contributed by atoms with van der Waals surface area (Å²) in [6.45, 7) is 3.57. The Labute approximate surface area is 54.6 Å². The minimum Gasteiger partial charge on any atom is -0.403 e. The summed E-state index contributed by atoms with van der Waals surface area (Å²) in [7, 11) is -1.89. The first-order valence-corrected chi connectivity index (χ1v) is 3.78. The molecule has 1 rings (SSSR count). The van der Waals surface area contributed by atoms with E-state index in [2.05, 4.69) is 0 Å². The second kappa shape index (κ2) is 2.46. The average molecular weight is 147 g/mol. The Hall–Kier alpha value is -0.400. The monoisotopic (exact) mass is 147 g/mol. The van der Waals surface area contributed by atoms with Gasteiger partial charge in [-0.1, -0.05) is 0 Å². The maximum Gasteiger partial charge on any atom is 0.429 e. The lowest BCUT2D eigenvalue weighted by atomic mass is 10.3. The van der Waals surface area contributed by atoms with Crippen LogP contribution in [0.15, 0.2) is 11.8 Å². The maximum atomic E-state index is 10.5. The summed E-state index contributed by atoms with van der Waals surface area (Å²) in [6.07, 6.45) is 1.69. The van der Waals surface area contributed by atoms with Gasteiger partial charge in [0.2, 0.25) is 0 Å². The first-order valence-electron chi connectivity index (χ1n) is 2.69. The maximum absolute atomic E-state index is 10.5. The summed E-state index contributed by atoms with van der Waals surface area (Å²) in [5, 5.41) is 0. The van der Waals surface area contributed by atoms with E-state index >= 15 is 0 Å². The molecular formula is C5H8O3P. The fraction of sp³-hybridized carbons (Fsp3) is 0.600. The zero-order valence-corrected chi connectivity index (χ0v) is 6.22. The van der Waals surface area contributed by atoms with E-state index in [0.29, 0.717) is 5.76 Å². The van der Waals surface area contributed by atoms with Crippen LogP contribution in [0.5, 0.6) is 0 Å². The summed E-state index contributed by atoms with van der Waals surface area (Å²) in [6, 6.07) is 0. The van der Waals surface area contributed by atoms with Crippen molar-refractivity contribution in [2.24, 2.45) is 0 Å². The molecule has 2 atom stereocenters. The Morgan fingerprint density at radius 2 is 2.44 bits per heavy atom. The molecule has 9 heavy (non-hydrogen) atoms. The number of rotatable bonds is 0. The fourth-order valence-corrected chi connectivity index (χ4v) is 1.34. The van der Waals surface area contributed by atoms with Crippen molar-refractivity contribution in [3.8, 4) is 0 Å². The SMILES string of the molecule is CC1=CC(C)O[P](=O)O1. The Morgan fingerprint density at radius 1 is 1.78 bits per heavy atom. The van der Waals surface area contributed by atoms with E-state index in [1.165, 1.54) is 0 Å². The molecule has 0 aromatic rings. The highest BCUT2D eigenvalue weighted by molar-refractivity contribution is 7.33. The number of allylic oxidation sites excluding steroid dienone is 1. The molecule has 0 aromatic carbocycles. The van der Waals surface area contributed by atoms with Crippen LogP contribution in [0.3, 0.4) is 0 Å². The number of hydrogen-bond donors (Lipinski definition) is 0. The van der Waals surface area contributed by atoms with Crippen molar-refractivity contribution in [1.29, 1.82) is 0 Å². The standard InChI is InChI=1S/C5H8O3P/c1-4-3-5(2)8-9(6)7-4/h3-4H,1-2H3. The van der Waals surface area contributed by atoms with E-state index in [4.69, 9.17) is 9.05 Å². The Balaban J connectivity index is 2.67. The molecule has 1 aliphatic rings. The first-order chi connectivity index (χ1) is 4.18. The van der Waals surface area contributed by atoms with E-state index in [1.807, 2.05) is 6.92 Å². The van der Waals surface area contributed by atoms with Crippen molar-refractivity contribution in [3.05, 3.63) is 11.8 Å². The van der Waals surface area contributed by atoms with E-state index in [-0.39, 0.29) is 6.10 Å². The van der Waals surface area contributed by atoms with Gasteiger partial charge in [-0.25, -0.2) is 4.57 Å². The van der Waals surface area contributed by atoms with Gasteiger partial charge >= 0.3 is 8.25 Å². The van der Waals surface area contributed by atoms with Gasteiger partial charge in [0.15, 0.2) is 0 Å². The van der Waals surface area contributed by atoms with E-state index in [0.717, 1.165) is 0 Å². The van der Waals surface area contributed by atoms with Gasteiger partial charge in [0.25, 0.3) is 0 Å². The molecule has 51 valence electrons. The highest BCUT2D eigenvalue weighted by Gasteiger charge is 2.14. The molecule has 0 bridgehead atoms. The predicted octanol–water partition coefficient (Wildman–Crippen LogP) is 1.98. The van der Waals surface area contributed by atoms with Crippen LogP contribution in [-0.2, 0) is 13.6 Å². The van der Waals surface area contributed by atoms with Crippen LogP contribution >= 0.6 is 8.25 Å². The van der Waals surface area contributed by atoms with Gasteiger partial charge in [-0.2, -0.15) is 0 Å². The second-order valence-electron chi connectivity index (χ2n) is 1.90. The van der Waals surface area contributed by atoms with Crippen LogP contribution in [-0.4, -0.2) is 6.10 Å². The molecule has 0 saturated carbocycles. The lowest BCUT2D eigenvalue weighted by Crippen LogP contribution is -2.04.